The number of aryl methyl sites for hydroxylation is 1. The molecule has 112 valence electrons. The molecule has 0 N–H and O–H groups in total. The molecule has 0 bridgehead atoms. The van der Waals surface area contributed by atoms with Crippen LogP contribution in [0.3, 0.4) is 0 Å². The van der Waals surface area contributed by atoms with Crippen molar-refractivity contribution >= 4 is 6.03 Å². The van der Waals surface area contributed by atoms with Gasteiger partial charge in [-0.05, 0) is 12.8 Å². The van der Waals surface area contributed by atoms with Gasteiger partial charge < -0.3 is 0 Å². The van der Waals surface area contributed by atoms with Crippen LogP contribution in [0.15, 0.2) is 42.7 Å². The Balaban J connectivity index is 2.07. The van der Waals surface area contributed by atoms with E-state index in [1.807, 2.05) is 30.3 Å². The van der Waals surface area contributed by atoms with Crippen molar-refractivity contribution in [3.05, 3.63) is 48.4 Å². The van der Waals surface area contributed by atoms with E-state index in [0.29, 0.717) is 0 Å². The minimum atomic E-state index is -0.397. The molecule has 0 aliphatic heterocycles. The van der Waals surface area contributed by atoms with Gasteiger partial charge in [-0.1, -0.05) is 54.1 Å². The fraction of sp³-hybridized carbons (Fsp3) is 0.267. The molecule has 0 aliphatic rings. The average Bonchev–Trinajstić information content (AvgIpc) is 3.22. The van der Waals surface area contributed by atoms with Crippen LogP contribution in [0.4, 0.5) is 4.79 Å². The van der Waals surface area contributed by atoms with Crippen molar-refractivity contribution in [2.75, 3.05) is 0 Å². The van der Waals surface area contributed by atoms with Crippen LogP contribution < -0.4 is 0 Å². The third-order valence-electron chi connectivity index (χ3n) is 3.35. The Kier molecular flexibility index (Phi) is 4.04. The molecule has 2 heterocycles. The summed E-state index contributed by atoms with van der Waals surface area (Å²) in [6, 6.07) is 9.28. The molecule has 7 nitrogen and oxygen atoms in total. The Labute approximate surface area is 127 Å². The van der Waals surface area contributed by atoms with E-state index in [2.05, 4.69) is 27.5 Å². The second-order valence-corrected chi connectivity index (χ2v) is 4.90. The standard InChI is InChI=1S/C15H16N6O/c1-2-3-9-13-14(12-7-5-4-6-8-12)21(19-17-13)15(22)20-11-10-16-18-20/h4-8,10-11H,2-3,9H2,1H3. The lowest BCUT2D eigenvalue weighted by atomic mass is 10.1. The zero-order valence-electron chi connectivity index (χ0n) is 12.3. The minimum Gasteiger partial charge on any atom is -0.243 e. The number of aromatic nitrogens is 6. The lowest BCUT2D eigenvalue weighted by Gasteiger charge is -2.06. The normalized spacial score (nSPS) is 10.8. The maximum absolute atomic E-state index is 12.5. The molecule has 3 aromatic rings. The van der Waals surface area contributed by atoms with Gasteiger partial charge in [0.2, 0.25) is 0 Å². The number of nitrogens with zero attached hydrogens (tertiary/aromatic N) is 6. The minimum absolute atomic E-state index is 0.397. The fourth-order valence-corrected chi connectivity index (χ4v) is 2.25. The van der Waals surface area contributed by atoms with Gasteiger partial charge in [0.15, 0.2) is 0 Å². The molecule has 1 aromatic carbocycles. The van der Waals surface area contributed by atoms with Crippen molar-refractivity contribution in [3.63, 3.8) is 0 Å². The molecule has 0 unspecified atom stereocenters. The van der Waals surface area contributed by atoms with Crippen LogP contribution >= 0.6 is 0 Å². The third-order valence-corrected chi connectivity index (χ3v) is 3.35. The van der Waals surface area contributed by atoms with Crippen LogP contribution in [-0.4, -0.2) is 36.0 Å². The third kappa shape index (κ3) is 2.65. The number of unbranched alkanes of at least 4 members (excludes halogenated alkanes) is 1. The Bertz CT molecular complexity index is 748. The molecule has 0 saturated heterocycles. The molecule has 0 fully saturated rings. The maximum Gasteiger partial charge on any atom is 0.372 e. The van der Waals surface area contributed by atoms with E-state index in [1.165, 1.54) is 17.1 Å². The molecule has 22 heavy (non-hydrogen) atoms. The van der Waals surface area contributed by atoms with E-state index < -0.39 is 6.03 Å². The average molecular weight is 296 g/mol. The molecule has 7 heteroatoms. The Morgan fingerprint density at radius 2 is 2.00 bits per heavy atom. The van der Waals surface area contributed by atoms with Crippen molar-refractivity contribution < 1.29 is 4.79 Å². The number of hydrogen-bond acceptors (Lipinski definition) is 5. The largest absolute Gasteiger partial charge is 0.372 e. The first kappa shape index (κ1) is 14.1. The molecule has 0 amide bonds. The SMILES string of the molecule is CCCCc1nnn(C(=O)n2ccnn2)c1-c1ccccc1. The van der Waals surface area contributed by atoms with Crippen molar-refractivity contribution in [2.24, 2.45) is 0 Å². The van der Waals surface area contributed by atoms with Gasteiger partial charge in [0.1, 0.15) is 5.69 Å². The van der Waals surface area contributed by atoms with Crippen LogP contribution in [0.1, 0.15) is 25.5 Å². The molecular weight excluding hydrogens is 280 g/mol. The summed E-state index contributed by atoms with van der Waals surface area (Å²) in [6.07, 6.45) is 5.78. The van der Waals surface area contributed by atoms with Gasteiger partial charge in [0, 0.05) is 5.56 Å². The Hall–Kier alpha value is -2.83. The van der Waals surface area contributed by atoms with Gasteiger partial charge in [-0.3, -0.25) is 0 Å². The summed E-state index contributed by atoms with van der Waals surface area (Å²) < 4.78 is 2.43. The van der Waals surface area contributed by atoms with E-state index >= 15 is 0 Å². The van der Waals surface area contributed by atoms with E-state index in [9.17, 15) is 4.79 Å². The van der Waals surface area contributed by atoms with Crippen molar-refractivity contribution in [1.82, 2.24) is 30.0 Å². The van der Waals surface area contributed by atoms with Crippen LogP contribution in [0, 0.1) is 0 Å². The molecule has 2 aromatic heterocycles. The molecular formula is C15H16N6O. The second kappa shape index (κ2) is 6.30. The number of hydrogen-bond donors (Lipinski definition) is 0. The predicted molar refractivity (Wildman–Crippen MR) is 80.3 cm³/mol. The first-order chi connectivity index (χ1) is 10.8. The second-order valence-electron chi connectivity index (χ2n) is 4.90. The summed E-state index contributed by atoms with van der Waals surface area (Å²) in [5.74, 6) is 0. The zero-order chi connectivity index (χ0) is 15.4. The summed E-state index contributed by atoms with van der Waals surface area (Å²) in [5, 5.41) is 15.6. The van der Waals surface area contributed by atoms with Gasteiger partial charge in [-0.2, -0.15) is 9.36 Å². The van der Waals surface area contributed by atoms with Crippen LogP contribution in [0.5, 0.6) is 0 Å². The fourth-order valence-electron chi connectivity index (χ4n) is 2.25. The van der Waals surface area contributed by atoms with Crippen molar-refractivity contribution in [1.29, 1.82) is 0 Å². The molecule has 3 rings (SSSR count). The summed E-state index contributed by atoms with van der Waals surface area (Å²) in [4.78, 5) is 12.5. The van der Waals surface area contributed by atoms with E-state index in [4.69, 9.17) is 0 Å². The van der Waals surface area contributed by atoms with Gasteiger partial charge in [-0.25, -0.2) is 4.79 Å². The lowest BCUT2D eigenvalue weighted by molar-refractivity contribution is 0.237. The van der Waals surface area contributed by atoms with Gasteiger partial charge in [0.25, 0.3) is 0 Å². The quantitative estimate of drug-likeness (QED) is 0.738. The first-order valence-corrected chi connectivity index (χ1v) is 7.22. The van der Waals surface area contributed by atoms with Gasteiger partial charge in [0.05, 0.1) is 18.1 Å². The highest BCUT2D eigenvalue weighted by molar-refractivity contribution is 5.83. The number of carbonyl (C=O) groups excluding carboxylic acids is 1. The highest BCUT2D eigenvalue weighted by Gasteiger charge is 2.20. The maximum atomic E-state index is 12.5. The Morgan fingerprint density at radius 1 is 1.18 bits per heavy atom. The predicted octanol–water partition coefficient (Wildman–Crippen LogP) is 2.40. The van der Waals surface area contributed by atoms with Crippen molar-refractivity contribution in [3.8, 4) is 11.3 Å². The molecule has 0 atom stereocenters. The number of carbonyl (C=O) groups is 1. The highest BCUT2D eigenvalue weighted by Crippen LogP contribution is 2.23. The number of benzene rings is 1. The monoisotopic (exact) mass is 296 g/mol. The van der Waals surface area contributed by atoms with Crippen LogP contribution in [0.25, 0.3) is 11.3 Å². The highest BCUT2D eigenvalue weighted by atomic mass is 16.2. The molecule has 0 aliphatic carbocycles. The van der Waals surface area contributed by atoms with E-state index in [1.54, 1.807) is 0 Å². The zero-order valence-corrected chi connectivity index (χ0v) is 12.3. The van der Waals surface area contributed by atoms with Crippen LogP contribution in [-0.2, 0) is 6.42 Å². The first-order valence-electron chi connectivity index (χ1n) is 7.22. The van der Waals surface area contributed by atoms with E-state index in [-0.39, 0.29) is 0 Å². The summed E-state index contributed by atoms with van der Waals surface area (Å²) >= 11 is 0. The number of rotatable bonds is 4. The molecule has 0 saturated carbocycles. The molecule has 0 spiro atoms. The smallest absolute Gasteiger partial charge is 0.243 e. The molecule has 0 radical (unpaired) electrons. The lowest BCUT2D eigenvalue weighted by Crippen LogP contribution is -2.22. The van der Waals surface area contributed by atoms with Crippen LogP contribution in [0.2, 0.25) is 0 Å². The van der Waals surface area contributed by atoms with Gasteiger partial charge >= 0.3 is 6.03 Å². The Morgan fingerprint density at radius 3 is 2.68 bits per heavy atom. The van der Waals surface area contributed by atoms with Crippen molar-refractivity contribution in [2.45, 2.75) is 26.2 Å². The summed E-state index contributed by atoms with van der Waals surface area (Å²) in [5.41, 5.74) is 2.45. The summed E-state index contributed by atoms with van der Waals surface area (Å²) in [7, 11) is 0. The van der Waals surface area contributed by atoms with E-state index in [0.717, 1.165) is 40.9 Å². The topological polar surface area (TPSA) is 78.5 Å². The van der Waals surface area contributed by atoms with Gasteiger partial charge in [-0.15, -0.1) is 10.2 Å². The summed E-state index contributed by atoms with van der Waals surface area (Å²) in [6.45, 7) is 2.12.